The number of aliphatic hydroxyl groups excluding tert-OH is 3. The zero-order valence-corrected chi connectivity index (χ0v) is 18.5. The van der Waals surface area contributed by atoms with E-state index in [0.717, 1.165) is 6.26 Å². The predicted molar refractivity (Wildman–Crippen MR) is 120 cm³/mol. The lowest BCUT2D eigenvalue weighted by Crippen LogP contribution is -2.55. The maximum absolute atomic E-state index is 13.2. The number of phenols is 2. The van der Waals surface area contributed by atoms with Crippen molar-refractivity contribution in [2.75, 3.05) is 6.61 Å². The molecular weight excluding hydrogens is 480 g/mol. The Bertz CT molecular complexity index is 1350. The molecule has 0 spiro atoms. The zero-order valence-electron chi connectivity index (χ0n) is 18.5. The first kappa shape index (κ1) is 25.1. The van der Waals surface area contributed by atoms with Crippen LogP contribution in [0.3, 0.4) is 0 Å². The average Bonchev–Trinajstić information content (AvgIpc) is 2.83. The molecule has 0 amide bonds. The highest BCUT2D eigenvalue weighted by molar-refractivity contribution is 5.90. The fourth-order valence-electron chi connectivity index (χ4n) is 4.00. The molecule has 0 saturated carbocycles. The fourth-order valence-corrected chi connectivity index (χ4v) is 4.00. The van der Waals surface area contributed by atoms with Crippen LogP contribution in [0.25, 0.3) is 22.1 Å². The van der Waals surface area contributed by atoms with Crippen molar-refractivity contribution in [3.05, 3.63) is 58.4 Å². The Morgan fingerprint density at radius 1 is 0.944 bits per heavy atom. The first-order valence-electron chi connectivity index (χ1n) is 10.7. The molecule has 12 heteroatoms. The van der Waals surface area contributed by atoms with Crippen LogP contribution in [0.5, 0.6) is 11.5 Å². The van der Waals surface area contributed by atoms with Gasteiger partial charge in [-0.2, -0.15) is 0 Å². The van der Waals surface area contributed by atoms with E-state index in [1.165, 1.54) is 36.4 Å². The summed E-state index contributed by atoms with van der Waals surface area (Å²) < 4.78 is 16.1. The summed E-state index contributed by atoms with van der Waals surface area (Å²) in [6.45, 7) is -0.659. The molecule has 36 heavy (non-hydrogen) atoms. The van der Waals surface area contributed by atoms with E-state index in [4.69, 9.17) is 19.0 Å². The topological polar surface area (TPSA) is 204 Å². The minimum atomic E-state index is -1.82. The van der Waals surface area contributed by atoms with Crippen molar-refractivity contribution in [1.82, 2.24) is 0 Å². The molecule has 2 aromatic carbocycles. The number of esters is 1. The molecule has 12 nitrogen and oxygen atoms in total. The van der Waals surface area contributed by atoms with Crippen LogP contribution in [0.2, 0.25) is 0 Å². The van der Waals surface area contributed by atoms with E-state index in [2.05, 4.69) is 0 Å². The number of ether oxygens (including phenoxy) is 2. The van der Waals surface area contributed by atoms with Crippen molar-refractivity contribution in [2.24, 2.45) is 0 Å². The monoisotopic (exact) mass is 502 g/mol. The smallest absolute Gasteiger partial charge is 0.317 e. The quantitative estimate of drug-likeness (QED) is 0.200. The molecule has 0 unspecified atom stereocenters. The van der Waals surface area contributed by atoms with Gasteiger partial charge in [0.1, 0.15) is 66.9 Å². The molecule has 1 aromatic heterocycles. The number of hydrogen-bond donors (Lipinski definition) is 6. The fraction of sp³-hybridized carbons (Fsp3) is 0.292. The maximum Gasteiger partial charge on any atom is 0.317 e. The summed E-state index contributed by atoms with van der Waals surface area (Å²) in [6, 6.07) is 8.28. The van der Waals surface area contributed by atoms with Gasteiger partial charge in [-0.15, -0.1) is 0 Å². The number of carbonyl (C=O) groups excluding carboxylic acids is 1. The maximum atomic E-state index is 13.2. The van der Waals surface area contributed by atoms with Crippen molar-refractivity contribution in [3.8, 4) is 22.6 Å². The highest BCUT2D eigenvalue weighted by Crippen LogP contribution is 2.40. The Balaban J connectivity index is 1.71. The zero-order chi connectivity index (χ0) is 26.1. The van der Waals surface area contributed by atoms with Crippen molar-refractivity contribution in [1.29, 1.82) is 0 Å². The molecule has 0 aliphatic carbocycles. The first-order valence-corrected chi connectivity index (χ1v) is 10.7. The van der Waals surface area contributed by atoms with Gasteiger partial charge in [0.05, 0.1) is 16.5 Å². The van der Waals surface area contributed by atoms with Gasteiger partial charge in [0, 0.05) is 0 Å². The third-order valence-electron chi connectivity index (χ3n) is 5.84. The Hall–Kier alpha value is -3.97. The van der Waals surface area contributed by atoms with Gasteiger partial charge in [-0.1, -0.05) is 12.1 Å². The third kappa shape index (κ3) is 4.75. The molecule has 0 radical (unpaired) electrons. The molecule has 5 atom stereocenters. The Morgan fingerprint density at radius 3 is 2.31 bits per heavy atom. The second-order valence-electron chi connectivity index (χ2n) is 8.22. The Labute approximate surface area is 202 Å². The van der Waals surface area contributed by atoms with Gasteiger partial charge in [-0.25, -0.2) is 0 Å². The van der Waals surface area contributed by atoms with E-state index >= 15 is 0 Å². The summed E-state index contributed by atoms with van der Waals surface area (Å²) in [6.07, 6.45) is -8.07. The molecule has 0 bridgehead atoms. The lowest BCUT2D eigenvalue weighted by Gasteiger charge is -2.40. The van der Waals surface area contributed by atoms with Gasteiger partial charge in [-0.05, 0) is 29.8 Å². The number of aliphatic hydroxyl groups is 3. The first-order chi connectivity index (χ1) is 17.1. The van der Waals surface area contributed by atoms with Crippen molar-refractivity contribution in [3.63, 3.8) is 0 Å². The van der Waals surface area contributed by atoms with E-state index in [9.17, 15) is 39.9 Å². The van der Waals surface area contributed by atoms with Crippen LogP contribution in [0.1, 0.15) is 18.1 Å². The van der Waals surface area contributed by atoms with Crippen LogP contribution in [0.15, 0.2) is 51.9 Å². The number of aliphatic carboxylic acids is 1. The van der Waals surface area contributed by atoms with Crippen LogP contribution < -0.4 is 5.43 Å². The predicted octanol–water partition coefficient (Wildman–Crippen LogP) is 0.412. The average molecular weight is 502 g/mol. The van der Waals surface area contributed by atoms with Crippen molar-refractivity contribution < 1.29 is 54.1 Å². The number of phenolic OH excluding ortho intramolecular Hbond substituents is 2. The van der Waals surface area contributed by atoms with Gasteiger partial charge >= 0.3 is 11.9 Å². The number of carbonyl (C=O) groups is 2. The number of fused-ring (bicyclic) bond motifs is 1. The number of carboxylic acid groups (broad SMARTS) is 1. The Kier molecular flexibility index (Phi) is 6.95. The minimum Gasteiger partial charge on any atom is -0.508 e. The number of hydrogen-bond acceptors (Lipinski definition) is 11. The van der Waals surface area contributed by atoms with E-state index in [1.54, 1.807) is 0 Å². The molecule has 190 valence electrons. The van der Waals surface area contributed by atoms with Crippen molar-refractivity contribution >= 4 is 22.9 Å². The number of benzene rings is 2. The molecule has 1 saturated heterocycles. The summed E-state index contributed by atoms with van der Waals surface area (Å²) in [5.41, 5.74) is -0.232. The largest absolute Gasteiger partial charge is 0.508 e. The molecule has 6 N–H and O–H groups in total. The van der Waals surface area contributed by atoms with Crippen LogP contribution in [0.4, 0.5) is 0 Å². The molecule has 1 fully saturated rings. The second-order valence-corrected chi connectivity index (χ2v) is 8.22. The third-order valence-corrected chi connectivity index (χ3v) is 5.84. The van der Waals surface area contributed by atoms with E-state index in [1.807, 2.05) is 0 Å². The number of aromatic hydroxyl groups is 2. The summed E-state index contributed by atoms with van der Waals surface area (Å²) in [5, 5.41) is 60.0. The molecule has 4 rings (SSSR count). The molecule has 3 aromatic rings. The highest BCUT2D eigenvalue weighted by atomic mass is 16.6. The van der Waals surface area contributed by atoms with Crippen LogP contribution in [-0.2, 0) is 19.1 Å². The lowest BCUT2D eigenvalue weighted by molar-refractivity contribution is -0.234. The summed E-state index contributed by atoms with van der Waals surface area (Å²) in [5.74, 6) is -2.99. The molecule has 1 aliphatic heterocycles. The summed E-state index contributed by atoms with van der Waals surface area (Å²) >= 11 is 0. The van der Waals surface area contributed by atoms with Crippen molar-refractivity contribution in [2.45, 2.75) is 36.9 Å². The lowest BCUT2D eigenvalue weighted by atomic mass is 9.89. The molecule has 2 heterocycles. The number of rotatable bonds is 6. The Morgan fingerprint density at radius 2 is 1.64 bits per heavy atom. The van der Waals surface area contributed by atoms with Crippen LogP contribution >= 0.6 is 0 Å². The summed E-state index contributed by atoms with van der Waals surface area (Å²) in [4.78, 5) is 35.4. The molecular formula is C24H22O12. The van der Waals surface area contributed by atoms with Gasteiger partial charge < -0.3 is 44.5 Å². The second kappa shape index (κ2) is 9.95. The minimum absolute atomic E-state index is 0.00325. The summed E-state index contributed by atoms with van der Waals surface area (Å²) in [7, 11) is 0. The molecule has 1 aliphatic rings. The van der Waals surface area contributed by atoms with Gasteiger partial charge in [-0.3, -0.25) is 14.4 Å². The van der Waals surface area contributed by atoms with Crippen LogP contribution in [0, 0.1) is 0 Å². The van der Waals surface area contributed by atoms with Crippen LogP contribution in [-0.4, -0.2) is 73.6 Å². The standard InChI is InChI=1S/C24H22O12/c25-11-3-1-10(2-4-11)13-8-35-23-12(19(13)30)5-6-14(26)18(23)24-22(33)21(32)20(31)15(36-24)9-34-17(29)7-16(27)28/h1-6,8,15,20-22,24-26,31-33H,7,9H2,(H,27,28)/t15-,20+,21-,22+,24-/m0/s1. The van der Waals surface area contributed by atoms with Gasteiger partial charge in [0.2, 0.25) is 5.43 Å². The van der Waals surface area contributed by atoms with E-state index in [0.29, 0.717) is 5.56 Å². The highest BCUT2D eigenvalue weighted by Gasteiger charge is 2.46. The van der Waals surface area contributed by atoms with Gasteiger partial charge in [0.15, 0.2) is 0 Å². The van der Waals surface area contributed by atoms with Gasteiger partial charge in [0.25, 0.3) is 0 Å². The number of carboxylic acids is 1. The van der Waals surface area contributed by atoms with E-state index < -0.39 is 66.7 Å². The van der Waals surface area contributed by atoms with E-state index in [-0.39, 0.29) is 27.8 Å². The normalized spacial score (nSPS) is 23.9. The SMILES string of the molecule is O=C(O)CC(=O)OC[C@@H]1O[C@@H](c2c(O)ccc3c(=O)c(-c4ccc(O)cc4)coc23)[C@H](O)[C@@H](O)[C@@H]1O.